The number of para-hydroxylation sites is 1. The van der Waals surface area contributed by atoms with E-state index < -0.39 is 11.1 Å². The number of carbonyl (C=O) groups is 3. The molecule has 6 nitrogen and oxygen atoms in total. The second-order valence-electron chi connectivity index (χ2n) is 5.44. The first kappa shape index (κ1) is 19.1. The van der Waals surface area contributed by atoms with Crippen LogP contribution >= 0.6 is 11.8 Å². The molecule has 0 unspecified atom stereocenters. The van der Waals surface area contributed by atoms with Crippen LogP contribution in [-0.2, 0) is 9.59 Å². The third-order valence-electron chi connectivity index (χ3n) is 3.53. The Bertz CT molecular complexity index is 687. The highest BCUT2D eigenvalue weighted by molar-refractivity contribution is 8.18. The quantitative estimate of drug-likeness (QED) is 0.568. The van der Waals surface area contributed by atoms with E-state index in [0.29, 0.717) is 23.8 Å². The van der Waals surface area contributed by atoms with Gasteiger partial charge in [-0.1, -0.05) is 31.5 Å². The Morgan fingerprint density at radius 2 is 2.04 bits per heavy atom. The van der Waals surface area contributed by atoms with Crippen LogP contribution in [-0.4, -0.2) is 41.6 Å². The molecule has 1 heterocycles. The molecular weight excluding hydrogens is 340 g/mol. The summed E-state index contributed by atoms with van der Waals surface area (Å²) in [4.78, 5) is 37.7. The number of hydrogen-bond acceptors (Lipinski definition) is 5. The first-order chi connectivity index (χ1) is 12.1. The molecule has 134 valence electrons. The normalized spacial score (nSPS) is 15.8. The third-order valence-corrected chi connectivity index (χ3v) is 4.44. The van der Waals surface area contributed by atoms with Crippen molar-refractivity contribution >= 4 is 34.9 Å². The van der Waals surface area contributed by atoms with Gasteiger partial charge in [0.15, 0.2) is 0 Å². The molecule has 0 radical (unpaired) electrons. The maximum Gasteiger partial charge on any atom is 0.294 e. The largest absolute Gasteiger partial charge is 0.493 e. The first-order valence-corrected chi connectivity index (χ1v) is 9.12. The van der Waals surface area contributed by atoms with E-state index in [1.807, 2.05) is 32.0 Å². The van der Waals surface area contributed by atoms with E-state index in [4.69, 9.17) is 4.74 Å². The van der Waals surface area contributed by atoms with Gasteiger partial charge in [0.05, 0.1) is 11.5 Å². The van der Waals surface area contributed by atoms with E-state index in [0.717, 1.165) is 35.1 Å². The van der Waals surface area contributed by atoms with Gasteiger partial charge in [-0.15, -0.1) is 0 Å². The minimum atomic E-state index is -0.452. The van der Waals surface area contributed by atoms with Crippen molar-refractivity contribution in [1.29, 1.82) is 0 Å². The van der Waals surface area contributed by atoms with Gasteiger partial charge in [0.2, 0.25) is 5.91 Å². The number of thioether (sulfide) groups is 1. The summed E-state index contributed by atoms with van der Waals surface area (Å²) in [5, 5.41) is 2.27. The molecule has 0 atom stereocenters. The van der Waals surface area contributed by atoms with E-state index in [-0.39, 0.29) is 12.5 Å². The zero-order chi connectivity index (χ0) is 18.2. The lowest BCUT2D eigenvalue weighted by Gasteiger charge is -2.12. The van der Waals surface area contributed by atoms with Crippen molar-refractivity contribution in [3.63, 3.8) is 0 Å². The van der Waals surface area contributed by atoms with Gasteiger partial charge in [0.1, 0.15) is 12.3 Å². The van der Waals surface area contributed by atoms with Gasteiger partial charge in [-0.05, 0) is 37.2 Å². The highest BCUT2D eigenvalue weighted by atomic mass is 32.2. The number of hydrogen-bond donors (Lipinski definition) is 1. The fraction of sp³-hybridized carbons (Fsp3) is 0.389. The molecule has 3 amide bonds. The summed E-state index contributed by atoms with van der Waals surface area (Å²) < 4.78 is 5.53. The van der Waals surface area contributed by atoms with Crippen LogP contribution in [0.25, 0.3) is 6.08 Å². The van der Waals surface area contributed by atoms with Gasteiger partial charge in [-0.3, -0.25) is 19.3 Å². The van der Waals surface area contributed by atoms with E-state index in [1.54, 1.807) is 12.1 Å². The van der Waals surface area contributed by atoms with Crippen molar-refractivity contribution in [2.75, 3.05) is 19.7 Å². The summed E-state index contributed by atoms with van der Waals surface area (Å²) in [7, 11) is 0. The molecular formula is C18H22N2O4S. The third kappa shape index (κ3) is 5.09. The van der Waals surface area contributed by atoms with E-state index in [1.165, 1.54) is 0 Å². The lowest BCUT2D eigenvalue weighted by molar-refractivity contribution is -0.129. The smallest absolute Gasteiger partial charge is 0.294 e. The number of ether oxygens (including phenoxy) is 1. The molecule has 0 aliphatic carbocycles. The average molecular weight is 362 g/mol. The Kier molecular flexibility index (Phi) is 7.06. The maximum absolute atomic E-state index is 12.5. The second kappa shape index (κ2) is 9.27. The minimum Gasteiger partial charge on any atom is -0.493 e. The number of benzene rings is 1. The fourth-order valence-corrected chi connectivity index (χ4v) is 3.10. The highest BCUT2D eigenvalue weighted by Crippen LogP contribution is 2.33. The minimum absolute atomic E-state index is 0.251. The lowest BCUT2D eigenvalue weighted by Crippen LogP contribution is -2.39. The van der Waals surface area contributed by atoms with Gasteiger partial charge >= 0.3 is 0 Å². The second-order valence-corrected chi connectivity index (χ2v) is 6.44. The molecule has 1 aliphatic rings. The van der Waals surface area contributed by atoms with Crippen molar-refractivity contribution in [1.82, 2.24) is 10.2 Å². The Balaban J connectivity index is 2.09. The molecule has 1 fully saturated rings. The maximum atomic E-state index is 12.5. The molecule has 1 aromatic carbocycles. The van der Waals surface area contributed by atoms with Crippen LogP contribution in [0.5, 0.6) is 5.75 Å². The molecule has 1 aliphatic heterocycles. The Hall–Kier alpha value is -2.28. The monoisotopic (exact) mass is 362 g/mol. The van der Waals surface area contributed by atoms with Gasteiger partial charge in [0, 0.05) is 12.1 Å². The highest BCUT2D eigenvalue weighted by Gasteiger charge is 2.36. The van der Waals surface area contributed by atoms with Crippen molar-refractivity contribution < 1.29 is 19.1 Å². The first-order valence-electron chi connectivity index (χ1n) is 8.30. The lowest BCUT2D eigenvalue weighted by atomic mass is 10.2. The van der Waals surface area contributed by atoms with Crippen molar-refractivity contribution in [2.45, 2.75) is 26.7 Å². The summed E-state index contributed by atoms with van der Waals surface area (Å²) in [6.45, 7) is 4.70. The number of unbranched alkanes of at least 4 members (excludes halogenated alkanes) is 1. The summed E-state index contributed by atoms with van der Waals surface area (Å²) in [5.74, 6) is -0.132. The van der Waals surface area contributed by atoms with Crippen LogP contribution in [0, 0.1) is 0 Å². The van der Waals surface area contributed by atoms with Crippen LogP contribution in [0.1, 0.15) is 32.3 Å². The summed E-state index contributed by atoms with van der Waals surface area (Å²) in [5.41, 5.74) is 0.724. The number of nitrogens with one attached hydrogen (secondary N) is 1. The molecule has 1 saturated heterocycles. The Morgan fingerprint density at radius 1 is 1.28 bits per heavy atom. The number of amides is 3. The molecule has 0 bridgehead atoms. The topological polar surface area (TPSA) is 75.7 Å². The molecule has 2 rings (SSSR count). The van der Waals surface area contributed by atoms with Crippen LogP contribution in [0.2, 0.25) is 0 Å². The van der Waals surface area contributed by atoms with E-state index in [9.17, 15) is 14.4 Å². The predicted molar refractivity (Wildman–Crippen MR) is 98.2 cm³/mol. The number of rotatable bonds is 8. The van der Waals surface area contributed by atoms with Crippen molar-refractivity contribution in [3.8, 4) is 5.75 Å². The molecule has 1 aromatic rings. The van der Waals surface area contributed by atoms with E-state index >= 15 is 0 Å². The molecule has 0 saturated carbocycles. The molecule has 1 N–H and O–H groups in total. The number of nitrogens with zero attached hydrogens (tertiary/aromatic N) is 1. The van der Waals surface area contributed by atoms with Crippen LogP contribution < -0.4 is 10.1 Å². The number of imide groups is 1. The summed E-state index contributed by atoms with van der Waals surface area (Å²) in [6, 6.07) is 7.30. The molecule has 0 spiro atoms. The van der Waals surface area contributed by atoms with Gasteiger partial charge in [-0.2, -0.15) is 0 Å². The SMILES string of the molecule is CCCCNC(=O)CN1C(=O)S/C(=C\c2ccccc2OCC)C1=O. The van der Waals surface area contributed by atoms with E-state index in [2.05, 4.69) is 5.32 Å². The standard InChI is InChI=1S/C18H22N2O4S/c1-3-5-10-19-16(21)12-20-17(22)15(25-18(20)23)11-13-8-6-7-9-14(13)24-4-2/h6-9,11H,3-5,10,12H2,1-2H3,(H,19,21)/b15-11-. The van der Waals surface area contributed by atoms with Crippen molar-refractivity contribution in [2.24, 2.45) is 0 Å². The van der Waals surface area contributed by atoms with Crippen molar-refractivity contribution in [3.05, 3.63) is 34.7 Å². The molecule has 7 heteroatoms. The van der Waals surface area contributed by atoms with Crippen LogP contribution in [0.4, 0.5) is 4.79 Å². The summed E-state index contributed by atoms with van der Waals surface area (Å²) in [6.07, 6.45) is 3.45. The zero-order valence-corrected chi connectivity index (χ0v) is 15.2. The predicted octanol–water partition coefficient (Wildman–Crippen LogP) is 3.04. The fourth-order valence-electron chi connectivity index (χ4n) is 2.27. The zero-order valence-electron chi connectivity index (χ0n) is 14.4. The van der Waals surface area contributed by atoms with Gasteiger partial charge in [-0.25, -0.2) is 0 Å². The Labute approximate surface area is 151 Å². The molecule has 0 aromatic heterocycles. The van der Waals surface area contributed by atoms with Gasteiger partial charge < -0.3 is 10.1 Å². The summed E-state index contributed by atoms with van der Waals surface area (Å²) >= 11 is 0.837. The molecule has 25 heavy (non-hydrogen) atoms. The van der Waals surface area contributed by atoms with Crippen LogP contribution in [0.15, 0.2) is 29.2 Å². The van der Waals surface area contributed by atoms with Crippen LogP contribution in [0.3, 0.4) is 0 Å². The van der Waals surface area contributed by atoms with Gasteiger partial charge in [0.25, 0.3) is 11.1 Å². The average Bonchev–Trinajstić information content (AvgIpc) is 2.85. The number of carbonyl (C=O) groups excluding carboxylic acids is 3. The Morgan fingerprint density at radius 3 is 2.76 bits per heavy atom.